The van der Waals surface area contributed by atoms with Crippen molar-refractivity contribution in [1.29, 1.82) is 0 Å². The molecule has 2 aromatic rings. The van der Waals surface area contributed by atoms with Crippen LogP contribution >= 0.6 is 0 Å². The van der Waals surface area contributed by atoms with Crippen molar-refractivity contribution in [3.05, 3.63) is 59.7 Å². The minimum absolute atomic E-state index is 0.126. The van der Waals surface area contributed by atoms with Gasteiger partial charge in [0.1, 0.15) is 23.7 Å². The average Bonchev–Trinajstić information content (AvgIpc) is 2.82. The lowest BCUT2D eigenvalue weighted by Crippen LogP contribution is -2.30. The molecular weight excluding hydrogens is 338 g/mol. The molecule has 2 aliphatic heterocycles. The van der Waals surface area contributed by atoms with Crippen molar-refractivity contribution >= 4 is 5.78 Å². The third-order valence-electron chi connectivity index (χ3n) is 5.62. The normalized spacial score (nSPS) is 26.0. The summed E-state index contributed by atoms with van der Waals surface area (Å²) in [6.07, 6.45) is 2.53. The van der Waals surface area contributed by atoms with Gasteiger partial charge in [-0.1, -0.05) is 37.3 Å². The molecule has 0 amide bonds. The van der Waals surface area contributed by atoms with Crippen molar-refractivity contribution < 1.29 is 14.3 Å². The van der Waals surface area contributed by atoms with Crippen LogP contribution in [0, 0.1) is 5.92 Å². The van der Waals surface area contributed by atoms with Crippen LogP contribution in [0.4, 0.5) is 0 Å². The molecule has 142 valence electrons. The number of fused-ring (bicyclic) bond motifs is 1. The summed E-state index contributed by atoms with van der Waals surface area (Å²) in [4.78, 5) is 14.9. The standard InChI is InChI=1S/C23H27NO3/c1-16-15-24(2)12-6-9-21(16)26-18-10-11-19-20(25)14-22(27-23(19)13-18)17-7-4-3-5-8-17/h3-5,7-8,10-11,13,16,21-22H,6,9,12,14-15H2,1-2H3. The Morgan fingerprint density at radius 2 is 1.96 bits per heavy atom. The molecule has 4 rings (SSSR count). The van der Waals surface area contributed by atoms with E-state index in [-0.39, 0.29) is 18.0 Å². The van der Waals surface area contributed by atoms with Gasteiger partial charge in [-0.25, -0.2) is 0 Å². The summed E-state index contributed by atoms with van der Waals surface area (Å²) in [5.41, 5.74) is 1.69. The van der Waals surface area contributed by atoms with Crippen molar-refractivity contribution in [2.75, 3.05) is 20.1 Å². The Hall–Kier alpha value is -2.33. The highest BCUT2D eigenvalue weighted by Gasteiger charge is 2.29. The van der Waals surface area contributed by atoms with Crippen LogP contribution in [0.15, 0.2) is 48.5 Å². The molecule has 4 heteroatoms. The number of ether oxygens (including phenoxy) is 2. The van der Waals surface area contributed by atoms with Gasteiger partial charge in [0.05, 0.1) is 12.0 Å². The first kappa shape index (κ1) is 18.1. The lowest BCUT2D eigenvalue weighted by molar-refractivity contribution is 0.0847. The molecule has 4 nitrogen and oxygen atoms in total. The number of ketones is 1. The lowest BCUT2D eigenvalue weighted by atomic mass is 9.96. The second-order valence-electron chi connectivity index (χ2n) is 7.84. The molecule has 0 N–H and O–H groups in total. The molecule has 2 heterocycles. The Labute approximate surface area is 161 Å². The van der Waals surface area contributed by atoms with E-state index in [9.17, 15) is 4.79 Å². The van der Waals surface area contributed by atoms with Crippen LogP contribution in [0.2, 0.25) is 0 Å². The maximum atomic E-state index is 12.6. The number of hydrogen-bond donors (Lipinski definition) is 0. The van der Waals surface area contributed by atoms with E-state index in [4.69, 9.17) is 9.47 Å². The molecule has 1 fully saturated rings. The highest BCUT2D eigenvalue weighted by molar-refractivity contribution is 6.00. The van der Waals surface area contributed by atoms with E-state index >= 15 is 0 Å². The molecule has 3 atom stereocenters. The molecule has 0 aromatic heterocycles. The third kappa shape index (κ3) is 4.01. The van der Waals surface area contributed by atoms with Crippen LogP contribution in [0.3, 0.4) is 0 Å². The topological polar surface area (TPSA) is 38.8 Å². The van der Waals surface area contributed by atoms with Gasteiger partial charge in [-0.3, -0.25) is 4.79 Å². The Bertz CT molecular complexity index is 805. The SMILES string of the molecule is CC1CN(C)CCCC1Oc1ccc2c(c1)OC(c1ccccc1)CC2=O. The predicted octanol–water partition coefficient (Wildman–Crippen LogP) is 4.50. The van der Waals surface area contributed by atoms with Crippen molar-refractivity contribution in [1.82, 2.24) is 4.90 Å². The maximum absolute atomic E-state index is 12.6. The fourth-order valence-electron chi connectivity index (χ4n) is 4.13. The monoisotopic (exact) mass is 365 g/mol. The molecule has 2 aliphatic rings. The number of nitrogens with zero attached hydrogens (tertiary/aromatic N) is 1. The summed E-state index contributed by atoms with van der Waals surface area (Å²) in [6.45, 7) is 4.40. The lowest BCUT2D eigenvalue weighted by Gasteiger charge is -2.27. The Morgan fingerprint density at radius 1 is 1.15 bits per heavy atom. The van der Waals surface area contributed by atoms with E-state index in [1.54, 1.807) is 0 Å². The Balaban J connectivity index is 1.53. The van der Waals surface area contributed by atoms with E-state index in [1.165, 1.54) is 0 Å². The number of rotatable bonds is 3. The minimum Gasteiger partial charge on any atom is -0.490 e. The Kier molecular flexibility index (Phi) is 5.17. The fraction of sp³-hybridized carbons (Fsp3) is 0.435. The largest absolute Gasteiger partial charge is 0.490 e. The number of Topliss-reactive ketones (excluding diaryl/α,β-unsaturated/α-hetero) is 1. The van der Waals surface area contributed by atoms with E-state index in [1.807, 2.05) is 48.5 Å². The van der Waals surface area contributed by atoms with Gasteiger partial charge in [-0.05, 0) is 44.1 Å². The van der Waals surface area contributed by atoms with Crippen LogP contribution in [-0.2, 0) is 0 Å². The number of carbonyl (C=O) groups excluding carboxylic acids is 1. The number of hydrogen-bond acceptors (Lipinski definition) is 4. The summed E-state index contributed by atoms with van der Waals surface area (Å²) >= 11 is 0. The molecule has 27 heavy (non-hydrogen) atoms. The van der Waals surface area contributed by atoms with Gasteiger partial charge in [-0.15, -0.1) is 0 Å². The minimum atomic E-state index is -0.230. The maximum Gasteiger partial charge on any atom is 0.170 e. The summed E-state index contributed by atoms with van der Waals surface area (Å²) in [7, 11) is 2.17. The van der Waals surface area contributed by atoms with Crippen molar-refractivity contribution in [2.24, 2.45) is 5.92 Å². The predicted molar refractivity (Wildman–Crippen MR) is 106 cm³/mol. The molecule has 0 bridgehead atoms. The number of benzene rings is 2. The first-order chi connectivity index (χ1) is 13.1. The second kappa shape index (κ2) is 7.73. The molecule has 0 aliphatic carbocycles. The van der Waals surface area contributed by atoms with Crippen LogP contribution in [0.1, 0.15) is 48.2 Å². The zero-order valence-electron chi connectivity index (χ0n) is 16.1. The summed E-state index contributed by atoms with van der Waals surface area (Å²) < 4.78 is 12.5. The summed E-state index contributed by atoms with van der Waals surface area (Å²) in [5.74, 6) is 2.02. The van der Waals surface area contributed by atoms with E-state index < -0.39 is 0 Å². The zero-order valence-corrected chi connectivity index (χ0v) is 16.1. The van der Waals surface area contributed by atoms with Gasteiger partial charge in [-0.2, -0.15) is 0 Å². The van der Waals surface area contributed by atoms with E-state index in [0.717, 1.165) is 37.2 Å². The molecule has 2 aromatic carbocycles. The molecule has 0 saturated carbocycles. The Morgan fingerprint density at radius 3 is 2.78 bits per heavy atom. The van der Waals surface area contributed by atoms with Crippen LogP contribution in [-0.4, -0.2) is 36.9 Å². The quantitative estimate of drug-likeness (QED) is 0.803. The third-order valence-corrected chi connectivity index (χ3v) is 5.62. The van der Waals surface area contributed by atoms with Crippen molar-refractivity contribution in [2.45, 2.75) is 38.4 Å². The first-order valence-electron chi connectivity index (χ1n) is 9.84. The van der Waals surface area contributed by atoms with Crippen molar-refractivity contribution in [3.8, 4) is 11.5 Å². The molecule has 1 saturated heterocycles. The molecule has 0 radical (unpaired) electrons. The van der Waals surface area contributed by atoms with Gasteiger partial charge in [0.2, 0.25) is 0 Å². The summed E-state index contributed by atoms with van der Waals surface area (Å²) in [6, 6.07) is 15.6. The van der Waals surface area contributed by atoms with E-state index in [0.29, 0.717) is 23.7 Å². The number of likely N-dealkylation sites (tertiary alicyclic amines) is 1. The number of carbonyl (C=O) groups is 1. The van der Waals surface area contributed by atoms with Crippen molar-refractivity contribution in [3.63, 3.8) is 0 Å². The van der Waals surface area contributed by atoms with Gasteiger partial charge < -0.3 is 14.4 Å². The van der Waals surface area contributed by atoms with Crippen LogP contribution in [0.25, 0.3) is 0 Å². The second-order valence-corrected chi connectivity index (χ2v) is 7.84. The zero-order chi connectivity index (χ0) is 18.8. The van der Waals surface area contributed by atoms with Crippen LogP contribution in [0.5, 0.6) is 11.5 Å². The molecule has 3 unspecified atom stereocenters. The highest BCUT2D eigenvalue weighted by Crippen LogP contribution is 2.37. The molecular formula is C23H27NO3. The van der Waals surface area contributed by atoms with Crippen LogP contribution < -0.4 is 9.47 Å². The first-order valence-corrected chi connectivity index (χ1v) is 9.84. The highest BCUT2D eigenvalue weighted by atomic mass is 16.5. The van der Waals surface area contributed by atoms with E-state index in [2.05, 4.69) is 18.9 Å². The van der Waals surface area contributed by atoms with Gasteiger partial charge >= 0.3 is 0 Å². The average molecular weight is 365 g/mol. The van der Waals surface area contributed by atoms with Gasteiger partial charge in [0.25, 0.3) is 0 Å². The van der Waals surface area contributed by atoms with Gasteiger partial charge in [0, 0.05) is 18.5 Å². The smallest absolute Gasteiger partial charge is 0.170 e. The fourth-order valence-corrected chi connectivity index (χ4v) is 4.13. The molecule has 0 spiro atoms. The van der Waals surface area contributed by atoms with Gasteiger partial charge in [0.15, 0.2) is 5.78 Å². The summed E-state index contributed by atoms with van der Waals surface area (Å²) in [5, 5.41) is 0.